The number of carbonyl (C=O) groups is 2. The van der Waals surface area contributed by atoms with Crippen LogP contribution < -0.4 is 0 Å². The summed E-state index contributed by atoms with van der Waals surface area (Å²) >= 11 is 0. The number of ether oxygens (including phenoxy) is 2. The minimum absolute atomic E-state index is 0.0692. The number of oxazole rings is 1. The number of hydrogen-bond acceptors (Lipinski definition) is 6. The third kappa shape index (κ3) is 5.37. The Kier molecular flexibility index (Phi) is 7.69. The van der Waals surface area contributed by atoms with E-state index in [1.54, 1.807) is 22.9 Å². The number of hydrogen-bond donors (Lipinski definition) is 0. The van der Waals surface area contributed by atoms with Crippen molar-refractivity contribution in [3.05, 3.63) is 53.7 Å². The first-order chi connectivity index (χ1) is 20.2. The second-order valence-corrected chi connectivity index (χ2v) is 11.3. The van der Waals surface area contributed by atoms with E-state index in [0.717, 1.165) is 5.52 Å². The number of fused-ring (bicyclic) bond motifs is 2. The number of likely N-dealkylation sites (tertiary alicyclic amines) is 1. The first kappa shape index (κ1) is 28.3. The van der Waals surface area contributed by atoms with Crippen LogP contribution in [0.2, 0.25) is 0 Å². The molecule has 1 aliphatic carbocycles. The Bertz CT molecular complexity index is 1640. The molecule has 3 heterocycles. The maximum absolute atomic E-state index is 15.6. The summed E-state index contributed by atoms with van der Waals surface area (Å²) in [6, 6.07) is 6.99. The molecule has 2 aromatic carbocycles. The Morgan fingerprint density at radius 1 is 1.12 bits per heavy atom. The van der Waals surface area contributed by atoms with Crippen LogP contribution in [-0.4, -0.2) is 64.9 Å². The maximum Gasteiger partial charge on any atom is 0.308 e. The van der Waals surface area contributed by atoms with Crippen LogP contribution in [0, 0.1) is 17.6 Å². The van der Waals surface area contributed by atoms with Gasteiger partial charge in [0.05, 0.1) is 50.3 Å². The Labute approximate surface area is 240 Å². The van der Waals surface area contributed by atoms with Crippen molar-refractivity contribution in [2.45, 2.75) is 56.8 Å². The third-order valence-electron chi connectivity index (χ3n) is 8.52. The number of nitrogens with zero attached hydrogens (tertiary/aromatic N) is 3. The summed E-state index contributed by atoms with van der Waals surface area (Å²) in [5.41, 5.74) is 1.57. The van der Waals surface area contributed by atoms with E-state index in [9.17, 15) is 18.4 Å². The molecule has 11 heteroatoms. The number of aryl methyl sites for hydroxylation is 1. The minimum Gasteiger partial charge on any atom is -0.469 e. The van der Waals surface area contributed by atoms with E-state index in [2.05, 4.69) is 4.98 Å². The molecule has 4 aromatic rings. The average molecular weight is 584 g/mol. The molecule has 1 aliphatic heterocycles. The number of amides is 1. The van der Waals surface area contributed by atoms with Gasteiger partial charge in [-0.05, 0) is 49.9 Å². The molecule has 1 saturated heterocycles. The Hall–Kier alpha value is -3.86. The number of aromatic nitrogens is 2. The lowest BCUT2D eigenvalue weighted by molar-refractivity contribution is -0.148. The van der Waals surface area contributed by atoms with E-state index in [1.807, 2.05) is 7.05 Å². The smallest absolute Gasteiger partial charge is 0.308 e. The second-order valence-electron chi connectivity index (χ2n) is 11.3. The number of carbonyl (C=O) groups excluding carboxylic acids is 2. The van der Waals surface area contributed by atoms with Crippen molar-refractivity contribution in [3.8, 4) is 11.5 Å². The number of rotatable bonds is 7. The van der Waals surface area contributed by atoms with Crippen LogP contribution in [0.5, 0.6) is 0 Å². The van der Waals surface area contributed by atoms with Crippen molar-refractivity contribution in [1.29, 1.82) is 0 Å². The zero-order valence-corrected chi connectivity index (χ0v) is 23.4. The van der Waals surface area contributed by atoms with Gasteiger partial charge >= 0.3 is 5.97 Å². The van der Waals surface area contributed by atoms with Crippen LogP contribution in [0.25, 0.3) is 33.5 Å². The number of esters is 1. The highest BCUT2D eigenvalue weighted by Gasteiger charge is 2.37. The monoisotopic (exact) mass is 583 g/mol. The Morgan fingerprint density at radius 2 is 1.90 bits per heavy atom. The molecule has 1 saturated carbocycles. The number of benzene rings is 2. The van der Waals surface area contributed by atoms with Gasteiger partial charge in [-0.3, -0.25) is 9.59 Å². The summed E-state index contributed by atoms with van der Waals surface area (Å²) in [5.74, 6) is -1.72. The van der Waals surface area contributed by atoms with Crippen molar-refractivity contribution >= 4 is 33.9 Å². The fourth-order valence-corrected chi connectivity index (χ4v) is 6.25. The highest BCUT2D eigenvalue weighted by Crippen LogP contribution is 2.34. The third-order valence-corrected chi connectivity index (χ3v) is 8.52. The zero-order chi connectivity index (χ0) is 29.5. The largest absolute Gasteiger partial charge is 0.469 e. The molecular formula is C31H32F3N3O5. The molecule has 0 spiro atoms. The van der Waals surface area contributed by atoms with Gasteiger partial charge in [0.1, 0.15) is 17.5 Å². The Balaban J connectivity index is 1.15. The normalized spacial score (nSPS) is 22.7. The lowest BCUT2D eigenvalue weighted by atomic mass is 9.87. The SMILES string of the molecule is COC(=O)C1CCC(OC[C@@H]2C[C@H](F)CN2C(=O)Cc2ccc3nc(-c4cn(C)c5ccc(F)cc45)oc3c2F)CC1. The fraction of sp³-hybridized carbons (Fsp3) is 0.452. The van der Waals surface area contributed by atoms with Crippen molar-refractivity contribution in [1.82, 2.24) is 14.5 Å². The average Bonchev–Trinajstić information content (AvgIpc) is 3.68. The van der Waals surface area contributed by atoms with Gasteiger partial charge in [-0.2, -0.15) is 0 Å². The van der Waals surface area contributed by atoms with Gasteiger partial charge in [-0.15, -0.1) is 0 Å². The lowest BCUT2D eigenvalue weighted by Gasteiger charge is -2.30. The molecule has 0 N–H and O–H groups in total. The van der Waals surface area contributed by atoms with Crippen molar-refractivity contribution < 1.29 is 36.7 Å². The van der Waals surface area contributed by atoms with Gasteiger partial charge < -0.3 is 23.4 Å². The van der Waals surface area contributed by atoms with Crippen LogP contribution in [0.1, 0.15) is 37.7 Å². The lowest BCUT2D eigenvalue weighted by Crippen LogP contribution is -2.40. The van der Waals surface area contributed by atoms with Crippen LogP contribution >= 0.6 is 0 Å². The fourth-order valence-electron chi connectivity index (χ4n) is 6.25. The molecule has 0 bridgehead atoms. The first-order valence-electron chi connectivity index (χ1n) is 14.2. The quantitative estimate of drug-likeness (QED) is 0.267. The van der Waals surface area contributed by atoms with Crippen LogP contribution in [0.15, 0.2) is 40.9 Å². The number of halogens is 3. The van der Waals surface area contributed by atoms with E-state index in [0.29, 0.717) is 36.6 Å². The van der Waals surface area contributed by atoms with Gasteiger partial charge in [0, 0.05) is 36.1 Å². The summed E-state index contributed by atoms with van der Waals surface area (Å²) in [6.07, 6.45) is 3.08. The summed E-state index contributed by atoms with van der Waals surface area (Å²) in [5, 5.41) is 0.583. The van der Waals surface area contributed by atoms with E-state index in [-0.39, 0.29) is 66.5 Å². The topological polar surface area (TPSA) is 86.8 Å². The second kappa shape index (κ2) is 11.4. The molecule has 2 fully saturated rings. The van der Waals surface area contributed by atoms with Gasteiger partial charge in [0.25, 0.3) is 0 Å². The molecule has 2 aliphatic rings. The molecule has 1 amide bonds. The number of alkyl halides is 1. The predicted molar refractivity (Wildman–Crippen MR) is 148 cm³/mol. The van der Waals surface area contributed by atoms with Gasteiger partial charge in [-0.25, -0.2) is 18.2 Å². The predicted octanol–water partition coefficient (Wildman–Crippen LogP) is 5.49. The molecule has 0 radical (unpaired) electrons. The zero-order valence-electron chi connectivity index (χ0n) is 23.4. The van der Waals surface area contributed by atoms with E-state index in [4.69, 9.17) is 13.9 Å². The molecule has 2 atom stereocenters. The summed E-state index contributed by atoms with van der Waals surface area (Å²) in [6.45, 7) is 0.105. The first-order valence-corrected chi connectivity index (χ1v) is 14.2. The standard InChI is InChI=1S/C31H32F3N3O5/c1-36-15-24(23-13-19(32)6-10-26(23)36)30-35-25-9-5-18(28(34)29(25)42-30)11-27(38)37-14-20(33)12-21(37)16-41-22-7-3-17(4-8-22)31(39)40-2/h5-6,9-10,13,15,17,20-22H,3-4,7-8,11-12,14,16H2,1-2H3/t17?,20-,21-,22?/m0/s1. The molecule has 222 valence electrons. The van der Waals surface area contributed by atoms with Crippen LogP contribution in [0.4, 0.5) is 13.2 Å². The molecular weight excluding hydrogens is 551 g/mol. The minimum atomic E-state index is -1.19. The summed E-state index contributed by atoms with van der Waals surface area (Å²) in [7, 11) is 3.19. The molecule has 2 aromatic heterocycles. The summed E-state index contributed by atoms with van der Waals surface area (Å²) in [4.78, 5) is 30.9. The van der Waals surface area contributed by atoms with Crippen molar-refractivity contribution in [3.63, 3.8) is 0 Å². The van der Waals surface area contributed by atoms with Gasteiger partial charge in [-0.1, -0.05) is 6.07 Å². The summed E-state index contributed by atoms with van der Waals surface area (Å²) < 4.78 is 62.5. The number of methoxy groups -OCH3 is 1. The molecule has 42 heavy (non-hydrogen) atoms. The Morgan fingerprint density at radius 3 is 2.67 bits per heavy atom. The van der Waals surface area contributed by atoms with E-state index < -0.39 is 29.8 Å². The highest BCUT2D eigenvalue weighted by atomic mass is 19.1. The molecule has 0 unspecified atom stereocenters. The van der Waals surface area contributed by atoms with Crippen molar-refractivity contribution in [2.24, 2.45) is 13.0 Å². The van der Waals surface area contributed by atoms with Gasteiger partial charge in [0.2, 0.25) is 11.8 Å². The van der Waals surface area contributed by atoms with Crippen LogP contribution in [0.3, 0.4) is 0 Å². The molecule has 8 nitrogen and oxygen atoms in total. The van der Waals surface area contributed by atoms with Gasteiger partial charge in [0.15, 0.2) is 11.4 Å². The van der Waals surface area contributed by atoms with E-state index in [1.165, 1.54) is 30.2 Å². The van der Waals surface area contributed by atoms with E-state index >= 15 is 4.39 Å². The van der Waals surface area contributed by atoms with Crippen molar-refractivity contribution in [2.75, 3.05) is 20.3 Å². The molecule has 6 rings (SSSR count). The van der Waals surface area contributed by atoms with Crippen LogP contribution in [-0.2, 0) is 32.5 Å². The maximum atomic E-state index is 15.6. The highest BCUT2D eigenvalue weighted by molar-refractivity contribution is 5.95.